The lowest BCUT2D eigenvalue weighted by Crippen LogP contribution is -2.33. The summed E-state index contributed by atoms with van der Waals surface area (Å²) in [6.07, 6.45) is 0.547. The lowest BCUT2D eigenvalue weighted by Gasteiger charge is -2.38. The molecule has 5 rings (SSSR count). The van der Waals surface area contributed by atoms with Crippen molar-refractivity contribution >= 4 is 37.6 Å². The van der Waals surface area contributed by atoms with E-state index in [9.17, 15) is 0 Å². The van der Waals surface area contributed by atoms with Crippen molar-refractivity contribution < 1.29 is 9.47 Å². The molecule has 2 heterocycles. The average molecular weight is 514 g/mol. The molecule has 2 aliphatic heterocycles. The van der Waals surface area contributed by atoms with E-state index in [1.165, 1.54) is 0 Å². The third kappa shape index (κ3) is 3.45. The Morgan fingerprint density at radius 2 is 1.79 bits per heavy atom. The number of hydrogen-bond donors (Lipinski definition) is 0. The smallest absolute Gasteiger partial charge is 0.213 e. The monoisotopic (exact) mass is 512 g/mol. The molecule has 0 aliphatic carbocycles. The predicted octanol–water partition coefficient (Wildman–Crippen LogP) is 6.46. The van der Waals surface area contributed by atoms with Crippen LogP contribution in [0.4, 0.5) is 0 Å². The Kier molecular flexibility index (Phi) is 4.84. The van der Waals surface area contributed by atoms with E-state index in [1.54, 1.807) is 7.11 Å². The van der Waals surface area contributed by atoms with Gasteiger partial charge in [-0.15, -0.1) is 0 Å². The Morgan fingerprint density at radius 3 is 2.55 bits per heavy atom. The average Bonchev–Trinajstić information content (AvgIpc) is 3.19. The molecule has 2 aliphatic rings. The molecule has 4 nitrogen and oxygen atoms in total. The maximum atomic E-state index is 6.42. The van der Waals surface area contributed by atoms with Crippen LogP contribution in [0.15, 0.2) is 80.8 Å². The fourth-order valence-corrected chi connectivity index (χ4v) is 4.69. The lowest BCUT2D eigenvalue weighted by molar-refractivity contribution is -0.0191. The predicted molar refractivity (Wildman–Crippen MR) is 120 cm³/mol. The molecule has 0 amide bonds. The van der Waals surface area contributed by atoms with E-state index in [-0.39, 0.29) is 12.3 Å². The zero-order valence-corrected chi connectivity index (χ0v) is 18.9. The first-order valence-electron chi connectivity index (χ1n) is 9.34. The van der Waals surface area contributed by atoms with Crippen LogP contribution in [-0.4, -0.2) is 17.8 Å². The summed E-state index contributed by atoms with van der Waals surface area (Å²) in [6, 6.07) is 22.6. The van der Waals surface area contributed by atoms with Crippen molar-refractivity contribution in [1.29, 1.82) is 0 Å². The molecule has 0 saturated heterocycles. The Morgan fingerprint density at radius 1 is 1.00 bits per heavy atom. The molecule has 0 unspecified atom stereocenters. The summed E-state index contributed by atoms with van der Waals surface area (Å²) in [5, 5.41) is 7.10. The van der Waals surface area contributed by atoms with Crippen LogP contribution in [0.5, 0.6) is 11.5 Å². The molecule has 6 heteroatoms. The number of halogens is 2. The SMILES string of the molecule is COc1ccc(C2=NN3[C@H](C2)c2cc(Br)ccc2O[C@H]3c2cccc(Br)c2)cc1. The first-order chi connectivity index (χ1) is 14.1. The van der Waals surface area contributed by atoms with Gasteiger partial charge in [0.1, 0.15) is 11.5 Å². The van der Waals surface area contributed by atoms with E-state index in [4.69, 9.17) is 14.6 Å². The van der Waals surface area contributed by atoms with Crippen LogP contribution < -0.4 is 9.47 Å². The molecule has 0 N–H and O–H groups in total. The topological polar surface area (TPSA) is 34.1 Å². The first kappa shape index (κ1) is 18.7. The van der Waals surface area contributed by atoms with E-state index < -0.39 is 0 Å². The summed E-state index contributed by atoms with van der Waals surface area (Å²) in [5.41, 5.74) is 4.37. The van der Waals surface area contributed by atoms with Crippen molar-refractivity contribution in [3.63, 3.8) is 0 Å². The van der Waals surface area contributed by atoms with Gasteiger partial charge in [-0.2, -0.15) is 5.10 Å². The van der Waals surface area contributed by atoms with Crippen molar-refractivity contribution in [2.24, 2.45) is 5.10 Å². The van der Waals surface area contributed by atoms with Gasteiger partial charge in [-0.25, -0.2) is 5.01 Å². The van der Waals surface area contributed by atoms with Gasteiger partial charge in [0, 0.05) is 26.5 Å². The molecule has 146 valence electrons. The van der Waals surface area contributed by atoms with Crippen LogP contribution in [-0.2, 0) is 0 Å². The van der Waals surface area contributed by atoms with Gasteiger partial charge < -0.3 is 9.47 Å². The number of methoxy groups -OCH3 is 1. The highest BCUT2D eigenvalue weighted by molar-refractivity contribution is 9.10. The number of hydrogen-bond acceptors (Lipinski definition) is 4. The molecule has 0 aromatic heterocycles. The summed E-state index contributed by atoms with van der Waals surface area (Å²) >= 11 is 7.18. The largest absolute Gasteiger partial charge is 0.497 e. The highest BCUT2D eigenvalue weighted by Gasteiger charge is 2.41. The van der Waals surface area contributed by atoms with E-state index in [0.29, 0.717) is 0 Å². The second-order valence-corrected chi connectivity index (χ2v) is 8.91. The number of fused-ring (bicyclic) bond motifs is 3. The van der Waals surface area contributed by atoms with Crippen LogP contribution in [0.1, 0.15) is 35.4 Å². The van der Waals surface area contributed by atoms with Crippen LogP contribution in [0.3, 0.4) is 0 Å². The Hall–Kier alpha value is -2.31. The van der Waals surface area contributed by atoms with Crippen LogP contribution in [0.2, 0.25) is 0 Å². The minimum atomic E-state index is -0.276. The van der Waals surface area contributed by atoms with Crippen molar-refractivity contribution in [1.82, 2.24) is 5.01 Å². The summed E-state index contributed by atoms with van der Waals surface area (Å²) in [4.78, 5) is 0. The molecule has 0 radical (unpaired) electrons. The number of nitrogens with zero attached hydrogens (tertiary/aromatic N) is 2. The second kappa shape index (κ2) is 7.50. The van der Waals surface area contributed by atoms with Gasteiger partial charge >= 0.3 is 0 Å². The first-order valence-corrected chi connectivity index (χ1v) is 10.9. The van der Waals surface area contributed by atoms with E-state index in [1.807, 2.05) is 36.4 Å². The summed E-state index contributed by atoms with van der Waals surface area (Å²) in [6.45, 7) is 0. The fourth-order valence-electron chi connectivity index (χ4n) is 3.90. The second-order valence-electron chi connectivity index (χ2n) is 7.08. The summed E-state index contributed by atoms with van der Waals surface area (Å²) in [7, 11) is 1.68. The van der Waals surface area contributed by atoms with Crippen LogP contribution in [0, 0.1) is 0 Å². The number of rotatable bonds is 3. The molecule has 3 aromatic carbocycles. The van der Waals surface area contributed by atoms with Crippen LogP contribution in [0.25, 0.3) is 0 Å². The van der Waals surface area contributed by atoms with Crippen molar-refractivity contribution in [2.75, 3.05) is 7.11 Å². The van der Waals surface area contributed by atoms with Crippen molar-refractivity contribution in [3.05, 3.63) is 92.4 Å². The maximum Gasteiger partial charge on any atom is 0.213 e. The Bertz CT molecular complexity index is 1100. The maximum absolute atomic E-state index is 6.42. The Labute approximate surface area is 186 Å². The molecule has 29 heavy (non-hydrogen) atoms. The van der Waals surface area contributed by atoms with Gasteiger partial charge in [0.2, 0.25) is 6.23 Å². The molecule has 0 saturated carbocycles. The van der Waals surface area contributed by atoms with E-state index in [2.05, 4.69) is 67.2 Å². The highest BCUT2D eigenvalue weighted by Crippen LogP contribution is 2.48. The molecule has 0 fully saturated rings. The molecular weight excluding hydrogens is 496 g/mol. The van der Waals surface area contributed by atoms with Gasteiger partial charge in [0.05, 0.1) is 18.9 Å². The molecule has 0 bridgehead atoms. The quantitative estimate of drug-likeness (QED) is 0.403. The minimum Gasteiger partial charge on any atom is -0.497 e. The van der Waals surface area contributed by atoms with Gasteiger partial charge in [0.15, 0.2) is 0 Å². The van der Waals surface area contributed by atoms with Crippen molar-refractivity contribution in [3.8, 4) is 11.5 Å². The van der Waals surface area contributed by atoms with E-state index >= 15 is 0 Å². The van der Waals surface area contributed by atoms with E-state index in [0.717, 1.165) is 49.3 Å². The number of benzene rings is 3. The number of hydrazone groups is 1. The molecule has 0 spiro atoms. The van der Waals surface area contributed by atoms with Gasteiger partial charge in [-0.1, -0.05) is 44.0 Å². The zero-order chi connectivity index (χ0) is 20.0. The van der Waals surface area contributed by atoms with Crippen LogP contribution >= 0.6 is 31.9 Å². The normalized spacial score (nSPS) is 19.8. The zero-order valence-electron chi connectivity index (χ0n) is 15.7. The minimum absolute atomic E-state index is 0.123. The highest BCUT2D eigenvalue weighted by atomic mass is 79.9. The lowest BCUT2D eigenvalue weighted by atomic mass is 9.96. The fraction of sp³-hybridized carbons (Fsp3) is 0.174. The Balaban J connectivity index is 1.58. The standard InChI is InChI=1S/C23H18Br2N2O2/c1-28-18-8-5-14(6-9-18)20-13-21-19-12-17(25)7-10-22(19)29-23(27(21)26-20)15-3-2-4-16(24)11-15/h2-12,21,23H,13H2,1H3/t21-,23+/m1/s1. The number of ether oxygens (including phenoxy) is 2. The molecule has 2 atom stereocenters. The van der Waals surface area contributed by atoms with Crippen molar-refractivity contribution in [2.45, 2.75) is 18.7 Å². The van der Waals surface area contributed by atoms with Gasteiger partial charge in [0.25, 0.3) is 0 Å². The third-order valence-corrected chi connectivity index (χ3v) is 6.30. The third-order valence-electron chi connectivity index (χ3n) is 5.31. The van der Waals surface area contributed by atoms with Gasteiger partial charge in [-0.3, -0.25) is 0 Å². The van der Waals surface area contributed by atoms with Gasteiger partial charge in [-0.05, 0) is 60.2 Å². The molecule has 3 aromatic rings. The summed E-state index contributed by atoms with van der Waals surface area (Å²) < 4.78 is 13.8. The molecular formula is C23H18Br2N2O2. The summed E-state index contributed by atoms with van der Waals surface area (Å²) in [5.74, 6) is 1.75.